The van der Waals surface area contributed by atoms with Crippen LogP contribution in [0.5, 0.6) is 0 Å². The highest BCUT2D eigenvalue weighted by molar-refractivity contribution is 5.95. The Morgan fingerprint density at radius 1 is 1.50 bits per heavy atom. The number of benzene rings is 1. The summed E-state index contributed by atoms with van der Waals surface area (Å²) in [6, 6.07) is 4.29. The molecule has 4 nitrogen and oxygen atoms in total. The largest absolute Gasteiger partial charge is 0.396 e. The van der Waals surface area contributed by atoms with Gasteiger partial charge in [-0.15, -0.1) is 0 Å². The van der Waals surface area contributed by atoms with Crippen molar-refractivity contribution in [2.24, 2.45) is 0 Å². The number of nitrogens with one attached hydrogen (secondary N) is 1. The topological polar surface area (TPSA) is 52.6 Å². The minimum absolute atomic E-state index is 0.0104. The van der Waals surface area contributed by atoms with Gasteiger partial charge in [0.25, 0.3) is 5.91 Å². The summed E-state index contributed by atoms with van der Waals surface area (Å²) >= 11 is 0. The highest BCUT2D eigenvalue weighted by Crippen LogP contribution is 2.16. The summed E-state index contributed by atoms with van der Waals surface area (Å²) < 4.78 is 13.8. The second-order valence-corrected chi connectivity index (χ2v) is 4.45. The van der Waals surface area contributed by atoms with E-state index in [1.807, 2.05) is 0 Å². The fraction of sp³-hybridized carbons (Fsp3) is 0.462. The number of anilines is 1. The van der Waals surface area contributed by atoms with Crippen molar-refractivity contribution in [3.8, 4) is 0 Å². The van der Waals surface area contributed by atoms with E-state index in [2.05, 4.69) is 5.32 Å². The summed E-state index contributed by atoms with van der Waals surface area (Å²) in [5.41, 5.74) is 0.720. The molecule has 0 fully saturated rings. The number of carbonyl (C=O) groups excluding carboxylic acids is 1. The highest BCUT2D eigenvalue weighted by Gasteiger charge is 2.14. The Morgan fingerprint density at radius 2 is 2.17 bits per heavy atom. The summed E-state index contributed by atoms with van der Waals surface area (Å²) in [7, 11) is 3.61. The van der Waals surface area contributed by atoms with Gasteiger partial charge in [-0.3, -0.25) is 4.79 Å². The first-order valence-electron chi connectivity index (χ1n) is 5.84. The molecule has 0 aliphatic carbocycles. The van der Waals surface area contributed by atoms with Crippen LogP contribution in [0.3, 0.4) is 0 Å². The van der Waals surface area contributed by atoms with Crippen LogP contribution in [0.4, 0.5) is 10.1 Å². The van der Waals surface area contributed by atoms with E-state index in [1.165, 1.54) is 12.1 Å². The number of aliphatic hydroxyl groups is 1. The van der Waals surface area contributed by atoms with Gasteiger partial charge in [0, 0.05) is 32.4 Å². The van der Waals surface area contributed by atoms with Gasteiger partial charge in [0.05, 0.1) is 5.56 Å². The normalized spacial score (nSPS) is 12.1. The molecule has 0 saturated carbocycles. The van der Waals surface area contributed by atoms with Gasteiger partial charge in [-0.2, -0.15) is 0 Å². The van der Waals surface area contributed by atoms with Crippen molar-refractivity contribution in [3.05, 3.63) is 29.6 Å². The first-order valence-corrected chi connectivity index (χ1v) is 5.84. The van der Waals surface area contributed by atoms with Gasteiger partial charge in [-0.1, -0.05) is 0 Å². The van der Waals surface area contributed by atoms with Gasteiger partial charge < -0.3 is 15.3 Å². The fourth-order valence-electron chi connectivity index (χ4n) is 1.53. The summed E-state index contributed by atoms with van der Waals surface area (Å²) in [6.07, 6.45) is 0.448. The maximum atomic E-state index is 13.8. The van der Waals surface area contributed by atoms with Crippen LogP contribution in [0.1, 0.15) is 23.7 Å². The minimum atomic E-state index is -0.546. The van der Waals surface area contributed by atoms with Crippen LogP contribution in [-0.4, -0.2) is 37.8 Å². The lowest BCUT2D eigenvalue weighted by Gasteiger charge is -2.15. The molecule has 1 aromatic rings. The Hall–Kier alpha value is -1.62. The lowest BCUT2D eigenvalue weighted by Crippen LogP contribution is -2.33. The molecule has 0 aromatic heterocycles. The van der Waals surface area contributed by atoms with Crippen LogP contribution in [-0.2, 0) is 0 Å². The fourth-order valence-corrected chi connectivity index (χ4v) is 1.53. The van der Waals surface area contributed by atoms with Crippen molar-refractivity contribution in [3.63, 3.8) is 0 Å². The van der Waals surface area contributed by atoms with Crippen LogP contribution >= 0.6 is 0 Å². The van der Waals surface area contributed by atoms with Gasteiger partial charge in [0.2, 0.25) is 0 Å². The number of aliphatic hydroxyl groups excluding tert-OH is 1. The van der Waals surface area contributed by atoms with E-state index < -0.39 is 11.7 Å². The second kappa shape index (κ2) is 6.35. The zero-order valence-corrected chi connectivity index (χ0v) is 10.9. The molecule has 1 aromatic carbocycles. The molecule has 0 bridgehead atoms. The lowest BCUT2D eigenvalue weighted by atomic mass is 10.1. The Bertz CT molecular complexity index is 421. The lowest BCUT2D eigenvalue weighted by molar-refractivity contribution is 0.0930. The van der Waals surface area contributed by atoms with Crippen LogP contribution in [0.15, 0.2) is 18.2 Å². The minimum Gasteiger partial charge on any atom is -0.396 e. The average Bonchev–Trinajstić information content (AvgIpc) is 2.28. The number of carbonyl (C=O) groups is 1. The number of hydrogen-bond acceptors (Lipinski definition) is 3. The monoisotopic (exact) mass is 254 g/mol. The first kappa shape index (κ1) is 14.4. The van der Waals surface area contributed by atoms with E-state index in [0.29, 0.717) is 12.1 Å². The molecule has 0 unspecified atom stereocenters. The summed E-state index contributed by atoms with van der Waals surface area (Å²) in [4.78, 5) is 13.5. The molecular weight excluding hydrogens is 235 g/mol. The van der Waals surface area contributed by atoms with Crippen molar-refractivity contribution in [1.82, 2.24) is 5.32 Å². The molecule has 0 aliphatic rings. The molecule has 1 atom stereocenters. The summed E-state index contributed by atoms with van der Waals surface area (Å²) in [6.45, 7) is 1.75. The molecule has 0 aliphatic heterocycles. The molecule has 100 valence electrons. The zero-order chi connectivity index (χ0) is 13.7. The Kier molecular flexibility index (Phi) is 5.09. The van der Waals surface area contributed by atoms with Gasteiger partial charge in [-0.05, 0) is 31.5 Å². The molecule has 1 rings (SSSR count). The molecule has 0 radical (unpaired) electrons. The summed E-state index contributed by atoms with van der Waals surface area (Å²) in [5, 5.41) is 11.4. The average molecular weight is 254 g/mol. The molecule has 0 saturated heterocycles. The van der Waals surface area contributed by atoms with Crippen molar-refractivity contribution in [2.75, 3.05) is 25.6 Å². The molecule has 2 N–H and O–H groups in total. The van der Waals surface area contributed by atoms with E-state index in [-0.39, 0.29) is 18.2 Å². The molecule has 0 heterocycles. The van der Waals surface area contributed by atoms with E-state index in [9.17, 15) is 9.18 Å². The van der Waals surface area contributed by atoms with Crippen LogP contribution < -0.4 is 10.2 Å². The summed E-state index contributed by atoms with van der Waals surface area (Å²) in [5.74, 6) is -1.01. The third-order valence-electron chi connectivity index (χ3n) is 2.65. The van der Waals surface area contributed by atoms with Gasteiger partial charge in [-0.25, -0.2) is 4.39 Å². The molecule has 18 heavy (non-hydrogen) atoms. The molecule has 1 amide bonds. The standard InChI is InChI=1S/C13H19FN2O2/c1-9(6-7-17)15-13(18)11-5-4-10(16(2)3)8-12(11)14/h4-5,8-9,17H,6-7H2,1-3H3,(H,15,18)/t9-/m1/s1. The van der Waals surface area contributed by atoms with E-state index >= 15 is 0 Å². The van der Waals surface area contributed by atoms with Crippen molar-refractivity contribution in [1.29, 1.82) is 0 Å². The van der Waals surface area contributed by atoms with E-state index in [1.54, 1.807) is 32.0 Å². The molecular formula is C13H19FN2O2. The number of nitrogens with zero attached hydrogens (tertiary/aromatic N) is 1. The van der Waals surface area contributed by atoms with Crippen molar-refractivity contribution < 1.29 is 14.3 Å². The maximum Gasteiger partial charge on any atom is 0.254 e. The highest BCUT2D eigenvalue weighted by atomic mass is 19.1. The number of hydrogen-bond donors (Lipinski definition) is 2. The maximum absolute atomic E-state index is 13.8. The van der Waals surface area contributed by atoms with Crippen LogP contribution in [0.2, 0.25) is 0 Å². The number of amides is 1. The molecule has 0 spiro atoms. The van der Waals surface area contributed by atoms with Gasteiger partial charge >= 0.3 is 0 Å². The van der Waals surface area contributed by atoms with Crippen LogP contribution in [0, 0.1) is 5.82 Å². The van der Waals surface area contributed by atoms with Gasteiger partial charge in [0.15, 0.2) is 0 Å². The number of halogens is 1. The smallest absolute Gasteiger partial charge is 0.254 e. The second-order valence-electron chi connectivity index (χ2n) is 4.45. The Morgan fingerprint density at radius 3 is 2.67 bits per heavy atom. The van der Waals surface area contributed by atoms with Gasteiger partial charge in [0.1, 0.15) is 5.82 Å². The Balaban J connectivity index is 2.80. The first-order chi connectivity index (χ1) is 8.45. The third-order valence-corrected chi connectivity index (χ3v) is 2.65. The Labute approximate surface area is 106 Å². The van der Waals surface area contributed by atoms with Crippen molar-refractivity contribution in [2.45, 2.75) is 19.4 Å². The number of rotatable bonds is 5. The quantitative estimate of drug-likeness (QED) is 0.835. The predicted octanol–water partition coefficient (Wildman–Crippen LogP) is 1.39. The predicted molar refractivity (Wildman–Crippen MR) is 69.4 cm³/mol. The van der Waals surface area contributed by atoms with Crippen LogP contribution in [0.25, 0.3) is 0 Å². The van der Waals surface area contributed by atoms with E-state index in [4.69, 9.17) is 5.11 Å². The SMILES string of the molecule is C[C@H](CCO)NC(=O)c1ccc(N(C)C)cc1F. The third kappa shape index (κ3) is 3.70. The van der Waals surface area contributed by atoms with Crippen molar-refractivity contribution >= 4 is 11.6 Å². The van der Waals surface area contributed by atoms with E-state index in [0.717, 1.165) is 0 Å². The zero-order valence-electron chi connectivity index (χ0n) is 10.9. The molecule has 5 heteroatoms.